The highest BCUT2D eigenvalue weighted by atomic mass is 35.5. The van der Waals surface area contributed by atoms with Crippen molar-refractivity contribution in [3.05, 3.63) is 94.6 Å². The van der Waals surface area contributed by atoms with Gasteiger partial charge in [-0.1, -0.05) is 16.7 Å². The first-order valence-electron chi connectivity index (χ1n) is 22.8. The Balaban J connectivity index is 0.000000342. The number of hydrogen-bond acceptors (Lipinski definition) is 21. The molecule has 422 valence electrons. The lowest BCUT2D eigenvalue weighted by Gasteiger charge is -2.04. The Bertz CT molecular complexity index is 3380. The molecule has 0 radical (unpaired) electrons. The summed E-state index contributed by atoms with van der Waals surface area (Å²) >= 11 is 5.61. The minimum absolute atomic E-state index is 0.0274. The van der Waals surface area contributed by atoms with Crippen LogP contribution in [0.2, 0.25) is 5.15 Å². The first-order valence-corrected chi connectivity index (χ1v) is 23.1. The predicted molar refractivity (Wildman–Crippen MR) is 275 cm³/mol. The lowest BCUT2D eigenvalue weighted by Crippen LogP contribution is -2.24. The molecule has 33 heteroatoms. The van der Waals surface area contributed by atoms with E-state index >= 15 is 0 Å². The van der Waals surface area contributed by atoms with E-state index in [0.29, 0.717) is 68.9 Å². The van der Waals surface area contributed by atoms with Gasteiger partial charge in [0.25, 0.3) is 5.78 Å². The molecule has 0 saturated carbocycles. The monoisotopic (exact) mass is 1120 g/mol. The second-order valence-electron chi connectivity index (χ2n) is 14.6. The van der Waals surface area contributed by atoms with Crippen LogP contribution in [0.3, 0.4) is 0 Å². The lowest BCUT2D eigenvalue weighted by molar-refractivity contribution is -0.572. The van der Waals surface area contributed by atoms with Gasteiger partial charge in [0.1, 0.15) is 0 Å². The summed E-state index contributed by atoms with van der Waals surface area (Å²) in [5.41, 5.74) is 9.55. The topological polar surface area (TPSA) is 412 Å². The zero-order chi connectivity index (χ0) is 58.6. The van der Waals surface area contributed by atoms with Gasteiger partial charge in [0.2, 0.25) is 28.5 Å². The Labute approximate surface area is 446 Å². The number of esters is 2. The van der Waals surface area contributed by atoms with Crippen LogP contribution in [0.5, 0.6) is 29.4 Å². The van der Waals surface area contributed by atoms with Crippen molar-refractivity contribution in [2.24, 2.45) is 9.98 Å². The van der Waals surface area contributed by atoms with Gasteiger partial charge < -0.3 is 53.3 Å². The number of ether oxygens (including phenoxy) is 9. The van der Waals surface area contributed by atoms with Gasteiger partial charge >= 0.3 is 41.3 Å². The van der Waals surface area contributed by atoms with E-state index < -0.39 is 23.5 Å². The summed E-state index contributed by atoms with van der Waals surface area (Å²) < 4.78 is 45.7. The van der Waals surface area contributed by atoms with Crippen LogP contribution in [0, 0.1) is 45.3 Å². The standard InChI is InChI=1S/C13H18N3O6.C11H11N3O5.C9H14N3O3.C6H8ClN2O2.C6H10N3O2/c1-4-21-8-14-11-9(6-10(17)13(18)22-5-2)7-15-16(19)12(11)20-3;1-3-19-11(16)9(15)7-4-12-8-6(7)5-13-14(17)10(8)18-2;1-4-15-6-10-8-7(2)5-11-12(13)9(8)14-3;1-4-3-5(11-2)9(10)8-6(4)7;1-4-3-8-9(10)6(11-2)5(4)7/h7-8H,4-6H2,1-3H3,(H,15,19);4-5H,3H2,1-2H3,(H-,12,13,15,16,17);5-6H,4H2,1-3H3,(H,11,13);3H,1-2H3,(H,8,10);3H,1-2H3,(H3,7,8,10)/q+1;;3*+1/p+1. The molecule has 0 saturated heterocycles. The van der Waals surface area contributed by atoms with Crippen molar-refractivity contribution in [1.29, 1.82) is 0 Å². The number of aryl methyl sites for hydroxylation is 3. The number of Topliss-reactive ketones (excluding diaryl/α,β-unsaturated/α-hetero) is 2. The predicted octanol–water partition coefficient (Wildman–Crippen LogP) is 2.14. The molecule has 0 fully saturated rings. The van der Waals surface area contributed by atoms with E-state index in [9.17, 15) is 43.7 Å². The fourth-order valence-electron chi connectivity index (χ4n) is 5.79. The summed E-state index contributed by atoms with van der Waals surface area (Å²) in [7, 11) is 6.84. The third-order valence-electron chi connectivity index (χ3n) is 9.56. The zero-order valence-corrected chi connectivity index (χ0v) is 45.3. The number of anilines is 1. The number of ketones is 2. The van der Waals surface area contributed by atoms with E-state index in [1.807, 2.05) is 13.8 Å². The van der Waals surface area contributed by atoms with Crippen LogP contribution in [0.1, 0.15) is 60.3 Å². The average molecular weight is 1120 g/mol. The number of nitrogens with zero attached hydrogens (tertiary/aromatic N) is 7. The smallest absolute Gasteiger partial charge is 0.476 e. The Kier molecular flexibility index (Phi) is 26.8. The minimum atomic E-state index is -0.944. The molecule has 0 atom stereocenters. The molecule has 6 heterocycles. The maximum atomic E-state index is 11.9. The molecule has 32 nitrogen and oxygen atoms in total. The Morgan fingerprint density at radius 2 is 1.08 bits per heavy atom. The molecule has 78 heavy (non-hydrogen) atoms. The number of H-pyrrole nitrogens is 6. The number of rotatable bonds is 18. The Hall–Kier alpha value is -9.75. The van der Waals surface area contributed by atoms with Crippen LogP contribution in [0.25, 0.3) is 10.9 Å². The van der Waals surface area contributed by atoms with Gasteiger partial charge in [0, 0.05) is 40.3 Å². The first kappa shape index (κ1) is 64.4. The van der Waals surface area contributed by atoms with Crippen molar-refractivity contribution < 1.29 is 84.5 Å². The van der Waals surface area contributed by atoms with Gasteiger partial charge in [-0.3, -0.25) is 9.59 Å². The second-order valence-corrected chi connectivity index (χ2v) is 15.0. The maximum Gasteiger partial charge on any atom is 0.476 e. The van der Waals surface area contributed by atoms with Crippen molar-refractivity contribution in [3.8, 4) is 29.4 Å². The summed E-state index contributed by atoms with van der Waals surface area (Å²) in [6, 6.07) is 1.56. The van der Waals surface area contributed by atoms with Crippen LogP contribution in [0.4, 0.5) is 17.1 Å². The second kappa shape index (κ2) is 32.5. The largest absolute Gasteiger partial charge is 0.483 e. The quantitative estimate of drug-likeness (QED) is 0.0162. The van der Waals surface area contributed by atoms with Crippen molar-refractivity contribution >= 4 is 75.9 Å². The molecule has 0 aliphatic heterocycles. The highest BCUT2D eigenvalue weighted by molar-refractivity contribution is 6.43. The SMILES string of the molecule is CCOC(=O)C(=O)c1c[nH]c2c(OC)[n+](=O)[nH]cc12.CCOC=Nc1c(C)c[nH][n+](=O)c1OC.CCOC=Nc1c(CC(=O)C(=O)OCC)c[nH][n+](=O)c1OC.COc1c(N)c(C)c[nH][n+]1=O.COc1cc(C)c(Cl)[nH][n+]1=O. The fraction of sp³-hybridized carbons (Fsp3) is 0.378. The summed E-state index contributed by atoms with van der Waals surface area (Å²) in [6.07, 6.45) is 9.13. The van der Waals surface area contributed by atoms with Gasteiger partial charge in [-0.2, -0.15) is 0 Å². The number of carbonyl (C=O) groups excluding carboxylic acids is 4. The number of aromatic amines is 6. The van der Waals surface area contributed by atoms with Gasteiger partial charge in [0.05, 0.1) is 123 Å². The number of nitrogen functional groups attached to an aromatic ring is 1. The van der Waals surface area contributed by atoms with E-state index in [2.05, 4.69) is 49.9 Å². The number of methoxy groups -OCH3 is 5. The van der Waals surface area contributed by atoms with Crippen LogP contribution in [-0.4, -0.2) is 129 Å². The minimum Gasteiger partial charge on any atom is -0.483 e. The molecular weight excluding hydrogens is 1060 g/mol. The number of nitrogens with one attached hydrogen (secondary N) is 6. The van der Waals surface area contributed by atoms with Gasteiger partial charge in [-0.15, -0.1) is 20.4 Å². The van der Waals surface area contributed by atoms with Gasteiger partial charge in [-0.05, 0) is 48.5 Å². The third-order valence-corrected chi connectivity index (χ3v) is 9.95. The molecule has 0 bridgehead atoms. The van der Waals surface area contributed by atoms with Crippen LogP contribution in [0.15, 0.2) is 47.0 Å². The van der Waals surface area contributed by atoms with Crippen molar-refractivity contribution in [2.75, 3.05) is 67.7 Å². The summed E-state index contributed by atoms with van der Waals surface area (Å²) in [5, 5.41) is 12.6. The number of fused-ring (bicyclic) bond motifs is 1. The van der Waals surface area contributed by atoms with Crippen LogP contribution >= 0.6 is 11.6 Å². The van der Waals surface area contributed by atoms with Crippen LogP contribution < -0.4 is 52.1 Å². The number of halogens is 1. The van der Waals surface area contributed by atoms with E-state index in [0.717, 1.165) is 23.1 Å². The Morgan fingerprint density at radius 3 is 1.60 bits per heavy atom. The van der Waals surface area contributed by atoms with Crippen molar-refractivity contribution in [2.45, 2.75) is 54.9 Å². The number of carbonyl (C=O) groups is 4. The van der Waals surface area contributed by atoms with E-state index in [4.69, 9.17) is 50.5 Å². The highest BCUT2D eigenvalue weighted by Crippen LogP contribution is 2.28. The maximum absolute atomic E-state index is 11.9. The van der Waals surface area contributed by atoms with Gasteiger partial charge in [0.15, 0.2) is 40.5 Å². The molecule has 0 aliphatic carbocycles. The normalized spacial score (nSPS) is 10.3. The zero-order valence-electron chi connectivity index (χ0n) is 44.6. The summed E-state index contributed by atoms with van der Waals surface area (Å²) in [4.78, 5) is 113. The summed E-state index contributed by atoms with van der Waals surface area (Å²) in [6.45, 7) is 13.3. The molecule has 6 aromatic heterocycles. The molecule has 0 spiro atoms. The lowest BCUT2D eigenvalue weighted by atomic mass is 10.1. The van der Waals surface area contributed by atoms with E-state index in [1.165, 1.54) is 66.7 Å². The highest BCUT2D eigenvalue weighted by Gasteiger charge is 2.27. The van der Waals surface area contributed by atoms with Crippen molar-refractivity contribution in [1.82, 2.24) is 30.5 Å². The van der Waals surface area contributed by atoms with Crippen LogP contribution in [-0.2, 0) is 39.8 Å². The number of hydrogen-bond donors (Lipinski definition) is 7. The number of nitrogens with two attached hydrogens (primary N) is 1. The number of aliphatic imine (C=N–C) groups is 2. The molecular formula is C45H62ClN14O18+5. The molecule has 6 rings (SSSR count). The third kappa shape index (κ3) is 18.0. The molecule has 8 N–H and O–H groups in total. The van der Waals surface area contributed by atoms with Crippen molar-refractivity contribution in [3.63, 3.8) is 0 Å². The van der Waals surface area contributed by atoms with E-state index in [1.54, 1.807) is 46.9 Å². The molecule has 6 aromatic rings. The molecule has 0 amide bonds. The Morgan fingerprint density at radius 1 is 0.590 bits per heavy atom. The van der Waals surface area contributed by atoms with Gasteiger partial charge in [-0.25, -0.2) is 19.6 Å². The summed E-state index contributed by atoms with van der Waals surface area (Å²) in [5.74, 6) is -3.18. The average Bonchev–Trinajstić information content (AvgIpc) is 3.89. The molecule has 0 aromatic carbocycles. The first-order chi connectivity index (χ1) is 37.2. The number of aromatic nitrogens is 11. The molecule has 0 unspecified atom stereocenters. The van der Waals surface area contributed by atoms with E-state index in [-0.39, 0.29) is 60.3 Å². The fourth-order valence-corrected chi connectivity index (χ4v) is 5.92. The molecule has 0 aliphatic rings.